The van der Waals surface area contributed by atoms with Gasteiger partial charge < -0.3 is 10.8 Å². The second-order valence-electron chi connectivity index (χ2n) is 5.17. The predicted molar refractivity (Wildman–Crippen MR) is 83.6 cm³/mol. The van der Waals surface area contributed by atoms with Crippen LogP contribution in [-0.4, -0.2) is 27.0 Å². The van der Waals surface area contributed by atoms with Crippen molar-refractivity contribution in [3.05, 3.63) is 58.6 Å². The number of aromatic amines is 1. The maximum atomic E-state index is 12.1. The van der Waals surface area contributed by atoms with Gasteiger partial charge in [-0.2, -0.15) is 10.1 Å². The van der Waals surface area contributed by atoms with Crippen LogP contribution in [0.3, 0.4) is 0 Å². The first-order valence-corrected chi connectivity index (χ1v) is 6.98. The largest absolute Gasteiger partial charge is 0.511 e. The molecule has 0 unspecified atom stereocenters. The number of aromatic nitrogens is 2. The Balaban J connectivity index is 1.99. The summed E-state index contributed by atoms with van der Waals surface area (Å²) < 4.78 is 0. The number of hydrogen-bond acceptors (Lipinski definition) is 3. The highest BCUT2D eigenvalue weighted by Crippen LogP contribution is 2.30. The van der Waals surface area contributed by atoms with Gasteiger partial charge in [0.25, 0.3) is 5.91 Å². The molecule has 3 rings (SSSR count). The number of allylic oxidation sites excluding steroid dienone is 1. The highest BCUT2D eigenvalue weighted by atomic mass is 16.3. The summed E-state index contributed by atoms with van der Waals surface area (Å²) in [5, 5.41) is 17.2. The van der Waals surface area contributed by atoms with Gasteiger partial charge in [-0.1, -0.05) is 18.2 Å². The minimum absolute atomic E-state index is 0.0150. The van der Waals surface area contributed by atoms with E-state index in [0.29, 0.717) is 29.7 Å². The average Bonchev–Trinajstić information content (AvgIpc) is 2.89. The second-order valence-corrected chi connectivity index (χ2v) is 5.17. The number of benzene rings is 1. The van der Waals surface area contributed by atoms with Gasteiger partial charge in [-0.05, 0) is 25.5 Å². The number of nitrogens with one attached hydrogen (secondary N) is 1. The highest BCUT2D eigenvalue weighted by Gasteiger charge is 2.26. The van der Waals surface area contributed by atoms with Crippen molar-refractivity contribution in [2.75, 3.05) is 0 Å². The quantitative estimate of drug-likeness (QED) is 0.583. The molecular weight excluding hydrogens is 280 g/mol. The van der Waals surface area contributed by atoms with Crippen molar-refractivity contribution < 1.29 is 9.90 Å². The average molecular weight is 296 g/mol. The third-order valence-corrected chi connectivity index (χ3v) is 3.71. The van der Waals surface area contributed by atoms with Gasteiger partial charge in [-0.15, -0.1) is 0 Å². The Bertz CT molecular complexity index is 788. The summed E-state index contributed by atoms with van der Waals surface area (Å²) in [5.74, 6) is -0.349. The molecule has 1 aliphatic rings. The molecule has 1 amide bonds. The molecule has 0 atom stereocenters. The Kier molecular flexibility index (Phi) is 3.50. The number of aliphatic imine (C=N–C) groups is 1. The number of hydrogen-bond donors (Lipinski definition) is 3. The summed E-state index contributed by atoms with van der Waals surface area (Å²) in [6.07, 6.45) is 1.14. The van der Waals surface area contributed by atoms with Gasteiger partial charge in [-0.25, -0.2) is 0 Å². The van der Waals surface area contributed by atoms with Crippen LogP contribution in [0.2, 0.25) is 0 Å². The fourth-order valence-electron chi connectivity index (χ4n) is 2.55. The molecule has 1 aromatic carbocycles. The van der Waals surface area contributed by atoms with E-state index in [9.17, 15) is 9.90 Å². The Morgan fingerprint density at radius 2 is 2.05 bits per heavy atom. The van der Waals surface area contributed by atoms with Crippen molar-refractivity contribution in [1.82, 2.24) is 10.2 Å². The number of carbonyl (C=O) groups is 1. The number of nitrogens with zero attached hydrogens (tertiary/aromatic N) is 2. The van der Waals surface area contributed by atoms with Gasteiger partial charge >= 0.3 is 0 Å². The molecule has 6 nitrogen and oxygen atoms in total. The summed E-state index contributed by atoms with van der Waals surface area (Å²) in [5.41, 5.74) is 9.25. The maximum Gasteiger partial charge on any atom is 0.278 e. The van der Waals surface area contributed by atoms with Crippen molar-refractivity contribution >= 4 is 17.3 Å². The molecule has 0 bridgehead atoms. The lowest BCUT2D eigenvalue weighted by Crippen LogP contribution is -2.21. The normalized spacial score (nSPS) is 14.9. The van der Waals surface area contributed by atoms with E-state index in [1.807, 2.05) is 13.0 Å². The Labute approximate surface area is 127 Å². The highest BCUT2D eigenvalue weighted by molar-refractivity contribution is 6.26. The van der Waals surface area contributed by atoms with Gasteiger partial charge in [0.1, 0.15) is 17.3 Å². The number of amidine groups is 1. The number of aryl methyl sites for hydroxylation is 1. The molecule has 22 heavy (non-hydrogen) atoms. The predicted octanol–water partition coefficient (Wildman–Crippen LogP) is 2.13. The van der Waals surface area contributed by atoms with E-state index < -0.39 is 5.91 Å². The molecule has 112 valence electrons. The lowest BCUT2D eigenvalue weighted by Gasteiger charge is -2.15. The van der Waals surface area contributed by atoms with Gasteiger partial charge in [0.15, 0.2) is 0 Å². The second kappa shape index (κ2) is 5.48. The minimum Gasteiger partial charge on any atom is -0.511 e. The van der Waals surface area contributed by atoms with E-state index in [1.165, 1.54) is 0 Å². The molecule has 0 aliphatic heterocycles. The topological polar surface area (TPSA) is 104 Å². The van der Waals surface area contributed by atoms with Crippen molar-refractivity contribution in [2.45, 2.75) is 19.8 Å². The van der Waals surface area contributed by atoms with Crippen LogP contribution in [0, 0.1) is 6.92 Å². The zero-order chi connectivity index (χ0) is 15.7. The summed E-state index contributed by atoms with van der Waals surface area (Å²) in [6, 6.07) is 8.66. The molecule has 0 saturated heterocycles. The Morgan fingerprint density at radius 3 is 2.77 bits per heavy atom. The number of aliphatic hydroxyl groups is 1. The molecule has 0 saturated carbocycles. The van der Waals surface area contributed by atoms with Crippen LogP contribution in [-0.2, 0) is 6.42 Å². The number of carbonyl (C=O) groups excluding carboxylic acids is 1. The number of amides is 1. The number of H-pyrrole nitrogens is 1. The van der Waals surface area contributed by atoms with Crippen LogP contribution >= 0.6 is 0 Å². The summed E-state index contributed by atoms with van der Waals surface area (Å²) >= 11 is 0. The molecular formula is C16H16N4O2. The maximum absolute atomic E-state index is 12.1. The zero-order valence-electron chi connectivity index (χ0n) is 12.1. The first-order valence-electron chi connectivity index (χ1n) is 6.98. The van der Waals surface area contributed by atoms with Crippen molar-refractivity contribution in [3.8, 4) is 0 Å². The number of rotatable bonds is 2. The Hall–Kier alpha value is -2.89. The molecule has 0 spiro atoms. The standard InChI is InChI=1S/C16H16N4O2/c1-9-11-7-8-12(21)13(14(11)20-19-9)15(17)18-16(22)10-5-3-2-4-6-10/h2-6,21H,7-8H2,1H3,(H,19,20)(H2,17,18,22). The number of fused-ring (bicyclic) bond motifs is 1. The summed E-state index contributed by atoms with van der Waals surface area (Å²) in [6.45, 7) is 1.91. The number of aliphatic hydroxyl groups excluding tert-OH is 1. The number of nitrogens with two attached hydrogens (primary N) is 1. The zero-order valence-corrected chi connectivity index (χ0v) is 12.1. The van der Waals surface area contributed by atoms with E-state index in [1.54, 1.807) is 24.3 Å². The van der Waals surface area contributed by atoms with E-state index >= 15 is 0 Å². The van der Waals surface area contributed by atoms with Crippen LogP contribution in [0.25, 0.3) is 5.57 Å². The molecule has 1 aliphatic carbocycles. The molecule has 4 N–H and O–H groups in total. The monoisotopic (exact) mass is 296 g/mol. The van der Waals surface area contributed by atoms with E-state index in [4.69, 9.17) is 5.73 Å². The van der Waals surface area contributed by atoms with Crippen LogP contribution in [0.15, 0.2) is 41.1 Å². The van der Waals surface area contributed by atoms with Crippen molar-refractivity contribution in [3.63, 3.8) is 0 Å². The molecule has 1 aromatic heterocycles. The summed E-state index contributed by atoms with van der Waals surface area (Å²) in [4.78, 5) is 16.0. The van der Waals surface area contributed by atoms with E-state index in [-0.39, 0.29) is 11.6 Å². The third kappa shape index (κ3) is 2.39. The molecule has 6 heteroatoms. The minimum atomic E-state index is -0.446. The fraction of sp³-hybridized carbons (Fsp3) is 0.188. The van der Waals surface area contributed by atoms with Gasteiger partial charge in [-0.3, -0.25) is 9.89 Å². The SMILES string of the molecule is Cc1[nH]nc2c1CCC(O)=C2C(N)=NC(=O)c1ccccc1. The lowest BCUT2D eigenvalue weighted by molar-refractivity contribution is 0.100. The molecule has 2 aromatic rings. The van der Waals surface area contributed by atoms with E-state index in [0.717, 1.165) is 11.3 Å². The molecule has 0 fully saturated rings. The Morgan fingerprint density at radius 1 is 1.32 bits per heavy atom. The van der Waals surface area contributed by atoms with Gasteiger partial charge in [0.2, 0.25) is 0 Å². The fourth-order valence-corrected chi connectivity index (χ4v) is 2.55. The van der Waals surface area contributed by atoms with Crippen LogP contribution in [0.1, 0.15) is 33.7 Å². The summed E-state index contributed by atoms with van der Waals surface area (Å²) in [7, 11) is 0. The smallest absolute Gasteiger partial charge is 0.278 e. The first kappa shape index (κ1) is 14.1. The molecule has 1 heterocycles. The van der Waals surface area contributed by atoms with Crippen molar-refractivity contribution in [2.24, 2.45) is 10.7 Å². The third-order valence-electron chi connectivity index (χ3n) is 3.71. The molecule has 0 radical (unpaired) electrons. The lowest BCUT2D eigenvalue weighted by atomic mass is 9.93. The van der Waals surface area contributed by atoms with Crippen LogP contribution in [0.5, 0.6) is 0 Å². The first-order chi connectivity index (χ1) is 10.6. The van der Waals surface area contributed by atoms with Gasteiger partial charge in [0, 0.05) is 23.2 Å². The van der Waals surface area contributed by atoms with Crippen molar-refractivity contribution in [1.29, 1.82) is 0 Å². The van der Waals surface area contributed by atoms with Crippen LogP contribution < -0.4 is 5.73 Å². The van der Waals surface area contributed by atoms with E-state index in [2.05, 4.69) is 15.2 Å². The van der Waals surface area contributed by atoms with Crippen LogP contribution in [0.4, 0.5) is 0 Å². The van der Waals surface area contributed by atoms with Gasteiger partial charge in [0.05, 0.1) is 5.57 Å².